The maximum atomic E-state index is 11.3. The van der Waals surface area contributed by atoms with Crippen molar-refractivity contribution in [1.82, 2.24) is 10.3 Å². The minimum absolute atomic E-state index is 0.0968. The van der Waals surface area contributed by atoms with Crippen LogP contribution in [-0.2, 0) is 20.7 Å². The second-order valence-electron chi connectivity index (χ2n) is 2.89. The number of carbonyl (C=O) groups is 2. The predicted molar refractivity (Wildman–Crippen MR) is 53.0 cm³/mol. The fourth-order valence-electron chi connectivity index (χ4n) is 0.991. The Hall–Kier alpha value is -1.91. The molecule has 1 N–H and O–H groups in total. The summed E-state index contributed by atoms with van der Waals surface area (Å²) in [6.45, 7) is -0.0968. The highest BCUT2D eigenvalue weighted by molar-refractivity contribution is 5.83. The molecule has 0 saturated carbocycles. The van der Waals surface area contributed by atoms with Crippen molar-refractivity contribution >= 4 is 11.9 Å². The molecular weight excluding hydrogens is 196 g/mol. The van der Waals surface area contributed by atoms with E-state index in [0.717, 1.165) is 5.56 Å². The van der Waals surface area contributed by atoms with Gasteiger partial charge in [0.2, 0.25) is 5.91 Å². The van der Waals surface area contributed by atoms with Crippen LogP contribution in [0.5, 0.6) is 0 Å². The summed E-state index contributed by atoms with van der Waals surface area (Å²) in [7, 11) is 1.28. The van der Waals surface area contributed by atoms with Crippen LogP contribution in [0.1, 0.15) is 5.56 Å². The third-order valence-corrected chi connectivity index (χ3v) is 1.77. The Balaban J connectivity index is 2.34. The highest BCUT2D eigenvalue weighted by Gasteiger charge is 2.05. The van der Waals surface area contributed by atoms with E-state index < -0.39 is 5.97 Å². The van der Waals surface area contributed by atoms with Crippen LogP contribution in [0.25, 0.3) is 0 Å². The molecule has 1 amide bonds. The molecule has 5 nitrogen and oxygen atoms in total. The first-order valence-electron chi connectivity index (χ1n) is 4.45. The quantitative estimate of drug-likeness (QED) is 0.702. The lowest BCUT2D eigenvalue weighted by Gasteiger charge is -2.03. The molecule has 1 aromatic heterocycles. The van der Waals surface area contributed by atoms with E-state index >= 15 is 0 Å². The van der Waals surface area contributed by atoms with E-state index in [9.17, 15) is 9.59 Å². The number of amides is 1. The molecule has 0 spiro atoms. The molecule has 0 unspecified atom stereocenters. The Morgan fingerprint density at radius 2 is 2.07 bits per heavy atom. The molecule has 5 heteroatoms. The number of esters is 1. The van der Waals surface area contributed by atoms with Crippen molar-refractivity contribution in [2.75, 3.05) is 13.7 Å². The Morgan fingerprint density at radius 3 is 2.67 bits per heavy atom. The van der Waals surface area contributed by atoms with Crippen molar-refractivity contribution in [3.8, 4) is 0 Å². The number of aromatic nitrogens is 1. The maximum Gasteiger partial charge on any atom is 0.325 e. The summed E-state index contributed by atoms with van der Waals surface area (Å²) in [6.07, 6.45) is 3.46. The van der Waals surface area contributed by atoms with Crippen molar-refractivity contribution in [3.05, 3.63) is 30.1 Å². The average molecular weight is 208 g/mol. The standard InChI is InChI=1S/C10H12N2O3/c1-15-10(14)7-12-9(13)6-8-2-4-11-5-3-8/h2-5H,6-7H2,1H3,(H,12,13). The lowest BCUT2D eigenvalue weighted by atomic mass is 10.2. The van der Waals surface area contributed by atoms with Crippen LogP contribution in [0, 0.1) is 0 Å². The van der Waals surface area contributed by atoms with Gasteiger partial charge in [-0.15, -0.1) is 0 Å². The Kier molecular flexibility index (Phi) is 4.28. The molecule has 0 saturated heterocycles. The van der Waals surface area contributed by atoms with E-state index in [1.807, 2.05) is 0 Å². The van der Waals surface area contributed by atoms with Crippen molar-refractivity contribution in [2.45, 2.75) is 6.42 Å². The number of hydrogen-bond donors (Lipinski definition) is 1. The highest BCUT2D eigenvalue weighted by Crippen LogP contribution is 1.96. The van der Waals surface area contributed by atoms with Crippen molar-refractivity contribution in [2.24, 2.45) is 0 Å². The van der Waals surface area contributed by atoms with Crippen molar-refractivity contribution < 1.29 is 14.3 Å². The summed E-state index contributed by atoms with van der Waals surface area (Å²) in [5.74, 6) is -0.676. The number of nitrogens with zero attached hydrogens (tertiary/aromatic N) is 1. The summed E-state index contributed by atoms with van der Waals surface area (Å²) in [6, 6.07) is 3.50. The van der Waals surface area contributed by atoms with Gasteiger partial charge in [-0.2, -0.15) is 0 Å². The zero-order valence-electron chi connectivity index (χ0n) is 8.40. The van der Waals surface area contributed by atoms with Crippen LogP contribution in [-0.4, -0.2) is 30.5 Å². The van der Waals surface area contributed by atoms with Crippen LogP contribution in [0.15, 0.2) is 24.5 Å². The molecule has 0 aromatic carbocycles. The monoisotopic (exact) mass is 208 g/mol. The maximum absolute atomic E-state index is 11.3. The van der Waals surface area contributed by atoms with E-state index in [1.165, 1.54) is 7.11 Å². The van der Waals surface area contributed by atoms with E-state index in [2.05, 4.69) is 15.0 Å². The predicted octanol–water partition coefficient (Wildman–Crippen LogP) is -0.0867. The summed E-state index contributed by atoms with van der Waals surface area (Å²) in [5, 5.41) is 2.45. The smallest absolute Gasteiger partial charge is 0.325 e. The fourth-order valence-corrected chi connectivity index (χ4v) is 0.991. The number of nitrogens with one attached hydrogen (secondary N) is 1. The van der Waals surface area contributed by atoms with Gasteiger partial charge in [0.1, 0.15) is 6.54 Å². The number of rotatable bonds is 4. The summed E-state index contributed by atoms with van der Waals surface area (Å²) < 4.78 is 4.39. The molecule has 1 aromatic rings. The molecule has 0 atom stereocenters. The second-order valence-corrected chi connectivity index (χ2v) is 2.89. The van der Waals surface area contributed by atoms with Gasteiger partial charge in [-0.1, -0.05) is 0 Å². The van der Waals surface area contributed by atoms with E-state index in [0.29, 0.717) is 0 Å². The van der Waals surface area contributed by atoms with Gasteiger partial charge in [-0.3, -0.25) is 14.6 Å². The normalized spacial score (nSPS) is 9.40. The molecule has 0 aliphatic rings. The molecule has 0 fully saturated rings. The van der Waals surface area contributed by atoms with Crippen LogP contribution < -0.4 is 5.32 Å². The summed E-state index contributed by atoms with van der Waals surface area (Å²) >= 11 is 0. The van der Waals surface area contributed by atoms with Crippen molar-refractivity contribution in [1.29, 1.82) is 0 Å². The first-order chi connectivity index (χ1) is 7.22. The number of carbonyl (C=O) groups excluding carboxylic acids is 2. The molecule has 0 bridgehead atoms. The van der Waals surface area contributed by atoms with Gasteiger partial charge < -0.3 is 10.1 Å². The van der Waals surface area contributed by atoms with E-state index in [4.69, 9.17) is 0 Å². The van der Waals surface area contributed by atoms with Gasteiger partial charge in [-0.05, 0) is 17.7 Å². The molecule has 15 heavy (non-hydrogen) atoms. The van der Waals surface area contributed by atoms with Gasteiger partial charge >= 0.3 is 5.97 Å². The van der Waals surface area contributed by atoms with Gasteiger partial charge in [0.25, 0.3) is 0 Å². The van der Waals surface area contributed by atoms with E-state index in [-0.39, 0.29) is 18.9 Å². The lowest BCUT2D eigenvalue weighted by Crippen LogP contribution is -2.31. The third kappa shape index (κ3) is 4.21. The molecule has 80 valence electrons. The molecule has 1 heterocycles. The van der Waals surface area contributed by atoms with Crippen LogP contribution in [0.2, 0.25) is 0 Å². The average Bonchev–Trinajstić information content (AvgIpc) is 2.27. The fraction of sp³-hybridized carbons (Fsp3) is 0.300. The Bertz CT molecular complexity index is 338. The Morgan fingerprint density at radius 1 is 1.40 bits per heavy atom. The highest BCUT2D eigenvalue weighted by atomic mass is 16.5. The molecular formula is C10H12N2O3. The zero-order chi connectivity index (χ0) is 11.1. The van der Waals surface area contributed by atoms with Crippen LogP contribution in [0.4, 0.5) is 0 Å². The van der Waals surface area contributed by atoms with E-state index in [1.54, 1.807) is 24.5 Å². The number of methoxy groups -OCH3 is 1. The third-order valence-electron chi connectivity index (χ3n) is 1.77. The number of hydrogen-bond acceptors (Lipinski definition) is 4. The second kappa shape index (κ2) is 5.74. The number of pyridine rings is 1. The molecule has 0 aliphatic carbocycles. The number of ether oxygens (including phenoxy) is 1. The van der Waals surface area contributed by atoms with Gasteiger partial charge in [0.05, 0.1) is 13.5 Å². The first-order valence-corrected chi connectivity index (χ1v) is 4.45. The first kappa shape index (κ1) is 11.2. The molecule has 0 aliphatic heterocycles. The molecule has 1 rings (SSSR count). The van der Waals surface area contributed by atoms with Crippen LogP contribution in [0.3, 0.4) is 0 Å². The Labute approximate surface area is 87.5 Å². The minimum atomic E-state index is -0.460. The summed E-state index contributed by atoms with van der Waals surface area (Å²) in [5.41, 5.74) is 0.854. The zero-order valence-corrected chi connectivity index (χ0v) is 8.40. The van der Waals surface area contributed by atoms with Gasteiger partial charge in [0, 0.05) is 12.4 Å². The largest absolute Gasteiger partial charge is 0.468 e. The summed E-state index contributed by atoms with van der Waals surface area (Å²) in [4.78, 5) is 25.8. The van der Waals surface area contributed by atoms with Gasteiger partial charge in [-0.25, -0.2) is 0 Å². The lowest BCUT2D eigenvalue weighted by molar-refractivity contribution is -0.141. The topological polar surface area (TPSA) is 68.3 Å². The molecule has 0 radical (unpaired) electrons. The SMILES string of the molecule is COC(=O)CNC(=O)Cc1ccncc1. The van der Waals surface area contributed by atoms with Gasteiger partial charge in [0.15, 0.2) is 0 Å². The minimum Gasteiger partial charge on any atom is -0.468 e. The van der Waals surface area contributed by atoms with Crippen LogP contribution >= 0.6 is 0 Å². The van der Waals surface area contributed by atoms with Crippen molar-refractivity contribution in [3.63, 3.8) is 0 Å².